The smallest absolute Gasteiger partial charge is 0.119 e. The molecule has 1 aromatic carbocycles. The molecule has 0 aliphatic heterocycles. The van der Waals surface area contributed by atoms with Crippen LogP contribution in [0, 0.1) is 11.8 Å². The minimum Gasteiger partial charge on any atom is -0.497 e. The summed E-state index contributed by atoms with van der Waals surface area (Å²) in [7, 11) is 1.70. The van der Waals surface area contributed by atoms with E-state index < -0.39 is 0 Å². The van der Waals surface area contributed by atoms with Crippen LogP contribution in [0.1, 0.15) is 39.5 Å². The maximum absolute atomic E-state index is 5.17. The van der Waals surface area contributed by atoms with Crippen molar-refractivity contribution in [1.29, 1.82) is 0 Å². The summed E-state index contributed by atoms with van der Waals surface area (Å²) in [5.74, 6) is 2.58. The summed E-state index contributed by atoms with van der Waals surface area (Å²) >= 11 is 0. The van der Waals surface area contributed by atoms with E-state index in [0.717, 1.165) is 24.1 Å². The van der Waals surface area contributed by atoms with Gasteiger partial charge in [-0.3, -0.25) is 0 Å². The van der Waals surface area contributed by atoms with Gasteiger partial charge in [-0.1, -0.05) is 18.6 Å². The molecule has 0 fully saturated rings. The molecule has 0 spiro atoms. The van der Waals surface area contributed by atoms with Crippen molar-refractivity contribution in [3.8, 4) is 5.75 Å². The molecule has 0 bridgehead atoms. The number of hydrogen-bond acceptors (Lipinski definition) is 2. The first kappa shape index (κ1) is 15.0. The fourth-order valence-corrected chi connectivity index (χ4v) is 2.89. The summed E-state index contributed by atoms with van der Waals surface area (Å²) in [6.07, 6.45) is 7.60. The number of anilines is 1. The number of benzene rings is 1. The molecule has 2 rings (SSSR count). The Morgan fingerprint density at radius 2 is 2.05 bits per heavy atom. The topological polar surface area (TPSA) is 21.3 Å². The lowest BCUT2D eigenvalue weighted by Gasteiger charge is -2.26. The average Bonchev–Trinajstić information content (AvgIpc) is 2.48. The van der Waals surface area contributed by atoms with E-state index in [9.17, 15) is 0 Å². The zero-order chi connectivity index (χ0) is 14.4. The van der Waals surface area contributed by atoms with Crippen molar-refractivity contribution in [2.75, 3.05) is 19.0 Å². The fraction of sp³-hybridized carbons (Fsp3) is 0.556. The molecule has 0 heterocycles. The lowest BCUT2D eigenvalue weighted by Crippen LogP contribution is -2.17. The first-order valence-corrected chi connectivity index (χ1v) is 7.72. The van der Waals surface area contributed by atoms with Gasteiger partial charge in [-0.2, -0.15) is 0 Å². The summed E-state index contributed by atoms with van der Waals surface area (Å²) in [6, 6.07) is 8.16. The van der Waals surface area contributed by atoms with Crippen LogP contribution < -0.4 is 10.1 Å². The fourth-order valence-electron chi connectivity index (χ4n) is 2.89. The van der Waals surface area contributed by atoms with Crippen LogP contribution in [0.25, 0.3) is 0 Å². The van der Waals surface area contributed by atoms with Crippen LogP contribution in [0.4, 0.5) is 5.69 Å². The van der Waals surface area contributed by atoms with Crippen LogP contribution >= 0.6 is 0 Å². The van der Waals surface area contributed by atoms with Crippen molar-refractivity contribution < 1.29 is 4.74 Å². The molecule has 1 aliphatic rings. The van der Waals surface area contributed by atoms with Gasteiger partial charge in [0, 0.05) is 12.2 Å². The Kier molecular flexibility index (Phi) is 5.51. The van der Waals surface area contributed by atoms with Crippen molar-refractivity contribution in [2.45, 2.75) is 39.5 Å². The Labute approximate surface area is 123 Å². The van der Waals surface area contributed by atoms with E-state index in [4.69, 9.17) is 4.74 Å². The van der Waals surface area contributed by atoms with Gasteiger partial charge in [0.15, 0.2) is 0 Å². The van der Waals surface area contributed by atoms with Gasteiger partial charge < -0.3 is 10.1 Å². The number of methoxy groups -OCH3 is 1. The summed E-state index contributed by atoms with van der Waals surface area (Å²) in [5, 5.41) is 3.50. The van der Waals surface area contributed by atoms with E-state index >= 15 is 0 Å². The molecule has 0 saturated carbocycles. The van der Waals surface area contributed by atoms with Crippen LogP contribution in [0.2, 0.25) is 0 Å². The zero-order valence-corrected chi connectivity index (χ0v) is 13.0. The maximum Gasteiger partial charge on any atom is 0.119 e. The lowest BCUT2D eigenvalue weighted by atomic mass is 9.80. The third-order valence-corrected chi connectivity index (χ3v) is 4.50. The summed E-state index contributed by atoms with van der Waals surface area (Å²) in [4.78, 5) is 0. The molecule has 1 unspecified atom stereocenters. The molecule has 2 heteroatoms. The predicted octanol–water partition coefficient (Wildman–Crippen LogP) is 4.88. The van der Waals surface area contributed by atoms with Gasteiger partial charge >= 0.3 is 0 Å². The highest BCUT2D eigenvalue weighted by Gasteiger charge is 2.18. The van der Waals surface area contributed by atoms with E-state index in [-0.39, 0.29) is 0 Å². The third-order valence-electron chi connectivity index (χ3n) is 4.50. The molecule has 1 N–H and O–H groups in total. The predicted molar refractivity (Wildman–Crippen MR) is 86.4 cm³/mol. The highest BCUT2D eigenvalue weighted by atomic mass is 16.5. The number of rotatable bonds is 6. The largest absolute Gasteiger partial charge is 0.497 e. The van der Waals surface area contributed by atoms with Crippen LogP contribution in [0.15, 0.2) is 35.9 Å². The molecular weight excluding hydrogens is 246 g/mol. The van der Waals surface area contributed by atoms with Crippen molar-refractivity contribution >= 4 is 5.69 Å². The van der Waals surface area contributed by atoms with Crippen LogP contribution in [0.5, 0.6) is 5.75 Å². The molecule has 2 nitrogen and oxygen atoms in total. The zero-order valence-electron chi connectivity index (χ0n) is 13.0. The Morgan fingerprint density at radius 3 is 2.65 bits per heavy atom. The van der Waals surface area contributed by atoms with E-state index in [0.29, 0.717) is 0 Å². The Hall–Kier alpha value is -1.44. The van der Waals surface area contributed by atoms with Gasteiger partial charge in [0.05, 0.1) is 7.11 Å². The van der Waals surface area contributed by atoms with Crippen molar-refractivity contribution in [3.63, 3.8) is 0 Å². The minimum absolute atomic E-state index is 0.796. The SMILES string of the molecule is COc1ccc(NCCC(C)[C@H]2CC=C(C)CC2)cc1. The van der Waals surface area contributed by atoms with Gasteiger partial charge in [0.1, 0.15) is 5.75 Å². The highest BCUT2D eigenvalue weighted by Crippen LogP contribution is 2.30. The van der Waals surface area contributed by atoms with Crippen molar-refractivity contribution in [3.05, 3.63) is 35.9 Å². The van der Waals surface area contributed by atoms with E-state index in [1.807, 2.05) is 12.1 Å². The van der Waals surface area contributed by atoms with E-state index in [1.165, 1.54) is 31.4 Å². The Bertz CT molecular complexity index is 435. The molecule has 0 radical (unpaired) electrons. The van der Waals surface area contributed by atoms with Crippen molar-refractivity contribution in [2.24, 2.45) is 11.8 Å². The third kappa shape index (κ3) is 4.29. The maximum atomic E-state index is 5.17. The Balaban J connectivity index is 1.72. The molecule has 20 heavy (non-hydrogen) atoms. The van der Waals surface area contributed by atoms with E-state index in [1.54, 1.807) is 12.7 Å². The van der Waals surface area contributed by atoms with Gasteiger partial charge in [0.25, 0.3) is 0 Å². The molecule has 0 saturated heterocycles. The number of ether oxygens (including phenoxy) is 1. The van der Waals surface area contributed by atoms with Crippen LogP contribution in [-0.2, 0) is 0 Å². The summed E-state index contributed by atoms with van der Waals surface area (Å²) < 4.78 is 5.17. The second-order valence-electron chi connectivity index (χ2n) is 6.01. The first-order valence-electron chi connectivity index (χ1n) is 7.72. The molecule has 2 atom stereocenters. The molecule has 0 aromatic heterocycles. The number of hydrogen-bond donors (Lipinski definition) is 1. The average molecular weight is 273 g/mol. The second kappa shape index (κ2) is 7.37. The lowest BCUT2D eigenvalue weighted by molar-refractivity contribution is 0.316. The monoisotopic (exact) mass is 273 g/mol. The van der Waals surface area contributed by atoms with Gasteiger partial charge in [-0.25, -0.2) is 0 Å². The highest BCUT2D eigenvalue weighted by molar-refractivity contribution is 5.46. The van der Waals surface area contributed by atoms with E-state index in [2.05, 4.69) is 37.4 Å². The van der Waals surface area contributed by atoms with Gasteiger partial charge in [-0.05, 0) is 68.7 Å². The minimum atomic E-state index is 0.796. The molecule has 0 amide bonds. The summed E-state index contributed by atoms with van der Waals surface area (Å²) in [5.41, 5.74) is 2.75. The summed E-state index contributed by atoms with van der Waals surface area (Å²) in [6.45, 7) is 5.70. The number of allylic oxidation sites excluding steroid dienone is 2. The van der Waals surface area contributed by atoms with Crippen LogP contribution in [-0.4, -0.2) is 13.7 Å². The van der Waals surface area contributed by atoms with Crippen LogP contribution in [0.3, 0.4) is 0 Å². The normalized spacial score (nSPS) is 20.1. The quantitative estimate of drug-likeness (QED) is 0.746. The molecule has 110 valence electrons. The Morgan fingerprint density at radius 1 is 1.30 bits per heavy atom. The molecular formula is C18H27NO. The van der Waals surface area contributed by atoms with Gasteiger partial charge in [-0.15, -0.1) is 0 Å². The molecule has 1 aromatic rings. The first-order chi connectivity index (χ1) is 9.69. The molecule has 1 aliphatic carbocycles. The van der Waals surface area contributed by atoms with Crippen molar-refractivity contribution in [1.82, 2.24) is 0 Å². The number of nitrogens with one attached hydrogen (secondary N) is 1. The van der Waals surface area contributed by atoms with Gasteiger partial charge in [0.2, 0.25) is 0 Å². The standard InChI is InChI=1S/C18H27NO/c1-14-4-6-16(7-5-14)15(2)12-13-19-17-8-10-18(20-3)11-9-17/h4,8-11,15-16,19H,5-7,12-13H2,1-3H3/t15?,16-/m0/s1. The second-order valence-corrected chi connectivity index (χ2v) is 6.01.